The third-order valence-corrected chi connectivity index (χ3v) is 5.96. The second kappa shape index (κ2) is 7.43. The van der Waals surface area contributed by atoms with Gasteiger partial charge in [-0.1, -0.05) is 25.5 Å². The maximum Gasteiger partial charge on any atom is 0.211 e. The van der Waals surface area contributed by atoms with Crippen molar-refractivity contribution < 1.29 is 8.42 Å². The van der Waals surface area contributed by atoms with E-state index < -0.39 is 10.0 Å². The van der Waals surface area contributed by atoms with E-state index >= 15 is 0 Å². The lowest BCUT2D eigenvalue weighted by Crippen LogP contribution is -2.51. The first-order valence-corrected chi connectivity index (χ1v) is 9.91. The van der Waals surface area contributed by atoms with Gasteiger partial charge in [-0.05, 0) is 37.0 Å². The molecule has 0 spiro atoms. The van der Waals surface area contributed by atoms with Crippen molar-refractivity contribution in [2.75, 3.05) is 19.3 Å². The SMILES string of the molecule is CCC1CN(S(C)(=O)=O)CCC1NC(C)c1ccc(C#N)cc1. The second-order valence-corrected chi connectivity index (χ2v) is 8.29. The minimum atomic E-state index is -3.11. The zero-order valence-electron chi connectivity index (χ0n) is 14.0. The van der Waals surface area contributed by atoms with Crippen molar-refractivity contribution in [1.82, 2.24) is 9.62 Å². The van der Waals surface area contributed by atoms with Crippen molar-refractivity contribution in [2.45, 2.75) is 38.8 Å². The quantitative estimate of drug-likeness (QED) is 0.896. The van der Waals surface area contributed by atoms with Crippen molar-refractivity contribution in [3.05, 3.63) is 35.4 Å². The Hall–Kier alpha value is -1.42. The first-order chi connectivity index (χ1) is 10.8. The zero-order chi connectivity index (χ0) is 17.0. The highest BCUT2D eigenvalue weighted by atomic mass is 32.2. The van der Waals surface area contributed by atoms with E-state index in [1.165, 1.54) is 6.26 Å². The first kappa shape index (κ1) is 17.9. The summed E-state index contributed by atoms with van der Waals surface area (Å²) in [6, 6.07) is 10.2. The first-order valence-electron chi connectivity index (χ1n) is 8.06. The Balaban J connectivity index is 2.02. The van der Waals surface area contributed by atoms with Crippen molar-refractivity contribution in [3.8, 4) is 6.07 Å². The molecule has 0 aliphatic carbocycles. The van der Waals surface area contributed by atoms with Gasteiger partial charge in [-0.15, -0.1) is 0 Å². The molecular formula is C17H25N3O2S. The zero-order valence-corrected chi connectivity index (χ0v) is 14.8. The van der Waals surface area contributed by atoms with E-state index in [9.17, 15) is 8.42 Å². The van der Waals surface area contributed by atoms with Crippen molar-refractivity contribution in [3.63, 3.8) is 0 Å². The molecule has 0 aromatic heterocycles. The monoisotopic (exact) mass is 335 g/mol. The summed E-state index contributed by atoms with van der Waals surface area (Å²) in [4.78, 5) is 0. The van der Waals surface area contributed by atoms with Crippen LogP contribution >= 0.6 is 0 Å². The third-order valence-electron chi connectivity index (χ3n) is 4.69. The highest BCUT2D eigenvalue weighted by Gasteiger charge is 2.32. The summed E-state index contributed by atoms with van der Waals surface area (Å²) >= 11 is 0. The molecule has 5 nitrogen and oxygen atoms in total. The van der Waals surface area contributed by atoms with Crippen LogP contribution in [0.1, 0.15) is 43.9 Å². The van der Waals surface area contributed by atoms with E-state index in [1.54, 1.807) is 4.31 Å². The summed E-state index contributed by atoms with van der Waals surface area (Å²) < 4.78 is 25.1. The number of nitrogens with zero attached hydrogens (tertiary/aromatic N) is 2. The highest BCUT2D eigenvalue weighted by Crippen LogP contribution is 2.25. The van der Waals surface area contributed by atoms with Gasteiger partial charge < -0.3 is 5.32 Å². The van der Waals surface area contributed by atoms with E-state index in [0.717, 1.165) is 18.4 Å². The van der Waals surface area contributed by atoms with Crippen LogP contribution in [0, 0.1) is 17.2 Å². The predicted octanol–water partition coefficient (Wildman–Crippen LogP) is 2.27. The molecule has 1 fully saturated rings. The fraction of sp³-hybridized carbons (Fsp3) is 0.588. The van der Waals surface area contributed by atoms with Crippen LogP contribution in [0.5, 0.6) is 0 Å². The van der Waals surface area contributed by atoms with Gasteiger partial charge in [0.1, 0.15) is 0 Å². The van der Waals surface area contributed by atoms with E-state index in [2.05, 4.69) is 25.2 Å². The van der Waals surface area contributed by atoms with E-state index in [-0.39, 0.29) is 6.04 Å². The summed E-state index contributed by atoms with van der Waals surface area (Å²) in [6.07, 6.45) is 3.06. The second-order valence-electron chi connectivity index (χ2n) is 6.31. The fourth-order valence-electron chi connectivity index (χ4n) is 3.20. The molecule has 1 aromatic carbocycles. The Labute approximate surface area is 139 Å². The van der Waals surface area contributed by atoms with Crippen LogP contribution in [-0.2, 0) is 10.0 Å². The lowest BCUT2D eigenvalue weighted by molar-refractivity contribution is 0.193. The minimum absolute atomic E-state index is 0.173. The molecule has 23 heavy (non-hydrogen) atoms. The number of piperidine rings is 1. The Morgan fingerprint density at radius 1 is 1.39 bits per heavy atom. The molecular weight excluding hydrogens is 310 g/mol. The summed E-state index contributed by atoms with van der Waals surface area (Å²) in [5.41, 5.74) is 1.80. The van der Waals surface area contributed by atoms with Crippen molar-refractivity contribution in [2.24, 2.45) is 5.92 Å². The largest absolute Gasteiger partial charge is 0.307 e. The lowest BCUT2D eigenvalue weighted by Gasteiger charge is -2.38. The van der Waals surface area contributed by atoms with Gasteiger partial charge in [-0.3, -0.25) is 0 Å². The summed E-state index contributed by atoms with van der Waals surface area (Å²) in [5, 5.41) is 12.5. The van der Waals surface area contributed by atoms with Gasteiger partial charge in [0.05, 0.1) is 17.9 Å². The average molecular weight is 335 g/mol. The number of rotatable bonds is 5. The van der Waals surface area contributed by atoms with Gasteiger partial charge >= 0.3 is 0 Å². The van der Waals surface area contributed by atoms with Gasteiger partial charge in [0.2, 0.25) is 10.0 Å². The standard InChI is InChI=1S/C17H25N3O2S/c1-4-15-12-20(23(3,21)22)10-9-17(15)19-13(2)16-7-5-14(11-18)6-8-16/h5-8,13,15,17,19H,4,9-10,12H2,1-3H3. The topological polar surface area (TPSA) is 73.2 Å². The summed E-state index contributed by atoms with van der Waals surface area (Å²) in [5.74, 6) is 0.319. The number of hydrogen-bond acceptors (Lipinski definition) is 4. The third kappa shape index (κ3) is 4.54. The maximum absolute atomic E-state index is 11.7. The van der Waals surface area contributed by atoms with Gasteiger partial charge in [-0.2, -0.15) is 5.26 Å². The molecule has 3 unspecified atom stereocenters. The fourth-order valence-corrected chi connectivity index (χ4v) is 4.10. The Kier molecular flexibility index (Phi) is 5.79. The number of benzene rings is 1. The molecule has 1 aromatic rings. The normalized spacial score (nSPS) is 24.1. The van der Waals surface area contributed by atoms with E-state index in [1.807, 2.05) is 24.3 Å². The Morgan fingerprint density at radius 3 is 2.57 bits per heavy atom. The molecule has 1 aliphatic rings. The minimum Gasteiger partial charge on any atom is -0.307 e. The summed E-state index contributed by atoms with van der Waals surface area (Å²) in [6.45, 7) is 5.38. The van der Waals surface area contributed by atoms with Gasteiger partial charge in [-0.25, -0.2) is 12.7 Å². The number of nitriles is 1. The van der Waals surface area contributed by atoms with Crippen molar-refractivity contribution >= 4 is 10.0 Å². The predicted molar refractivity (Wildman–Crippen MR) is 91.3 cm³/mol. The molecule has 1 aliphatic heterocycles. The lowest BCUT2D eigenvalue weighted by atomic mass is 9.90. The smallest absolute Gasteiger partial charge is 0.211 e. The molecule has 1 heterocycles. The Morgan fingerprint density at radius 2 is 2.04 bits per heavy atom. The van der Waals surface area contributed by atoms with Gasteiger partial charge in [0.25, 0.3) is 0 Å². The molecule has 0 amide bonds. The van der Waals surface area contributed by atoms with Gasteiger partial charge in [0.15, 0.2) is 0 Å². The highest BCUT2D eigenvalue weighted by molar-refractivity contribution is 7.88. The van der Waals surface area contributed by atoms with Gasteiger partial charge in [0, 0.05) is 25.2 Å². The van der Waals surface area contributed by atoms with Crippen LogP contribution < -0.4 is 5.32 Å². The average Bonchev–Trinajstić information content (AvgIpc) is 2.54. The number of sulfonamides is 1. The molecule has 3 atom stereocenters. The summed E-state index contributed by atoms with van der Waals surface area (Å²) in [7, 11) is -3.11. The van der Waals surface area contributed by atoms with Crippen molar-refractivity contribution in [1.29, 1.82) is 5.26 Å². The number of nitrogens with one attached hydrogen (secondary N) is 1. The number of hydrogen-bond donors (Lipinski definition) is 1. The molecule has 1 N–H and O–H groups in total. The molecule has 1 saturated heterocycles. The molecule has 0 saturated carbocycles. The van der Waals surface area contributed by atoms with Crippen LogP contribution in [0.4, 0.5) is 0 Å². The molecule has 2 rings (SSSR count). The Bertz CT molecular complexity index is 664. The van der Waals surface area contributed by atoms with Crippen LogP contribution in [0.3, 0.4) is 0 Å². The molecule has 6 heteroatoms. The van der Waals surface area contributed by atoms with Crippen LogP contribution in [0.15, 0.2) is 24.3 Å². The van der Waals surface area contributed by atoms with E-state index in [0.29, 0.717) is 30.6 Å². The van der Waals surface area contributed by atoms with Crippen LogP contribution in [-0.4, -0.2) is 38.1 Å². The van der Waals surface area contributed by atoms with E-state index in [4.69, 9.17) is 5.26 Å². The molecule has 0 bridgehead atoms. The van der Waals surface area contributed by atoms with Crippen LogP contribution in [0.25, 0.3) is 0 Å². The van der Waals surface area contributed by atoms with Crippen LogP contribution in [0.2, 0.25) is 0 Å². The molecule has 0 radical (unpaired) electrons. The molecule has 126 valence electrons. The maximum atomic E-state index is 11.7.